The molecule has 1 aliphatic heterocycles. The van der Waals surface area contributed by atoms with Gasteiger partial charge in [-0.15, -0.1) is 5.10 Å². The Morgan fingerprint density at radius 1 is 1.67 bits per heavy atom. The molecule has 1 rings (SSSR count). The van der Waals surface area contributed by atoms with Crippen LogP contribution in [0.2, 0.25) is 0 Å². The zero-order valence-electron chi connectivity index (χ0n) is 7.02. The second-order valence-electron chi connectivity index (χ2n) is 2.54. The number of hydrazone groups is 1. The summed E-state index contributed by atoms with van der Waals surface area (Å²) in [6.07, 6.45) is 4.50. The van der Waals surface area contributed by atoms with Gasteiger partial charge in [-0.2, -0.15) is 0 Å². The first-order valence-electron chi connectivity index (χ1n) is 3.41. The number of nitrogens with two attached hydrogens (primary N) is 1. The van der Waals surface area contributed by atoms with E-state index in [1.807, 2.05) is 0 Å². The Balaban J connectivity index is 2.98. The summed E-state index contributed by atoms with van der Waals surface area (Å²) in [4.78, 5) is 0. The van der Waals surface area contributed by atoms with Crippen molar-refractivity contribution < 1.29 is 9.38 Å². The molecule has 0 amide bonds. The standard InChI is InChI=1S/C7H11N3O2/c1-10(11)4-3-6(12-2)5-7(10)9-8/h3-5H,8H2,1-2H3. The van der Waals surface area contributed by atoms with E-state index >= 15 is 0 Å². The zero-order chi connectivity index (χ0) is 9.19. The molecule has 5 heteroatoms. The van der Waals surface area contributed by atoms with Gasteiger partial charge in [-0.1, -0.05) is 0 Å². The van der Waals surface area contributed by atoms with Crippen LogP contribution in [0.25, 0.3) is 0 Å². The summed E-state index contributed by atoms with van der Waals surface area (Å²) in [6, 6.07) is 0. The highest BCUT2D eigenvalue weighted by Gasteiger charge is 2.19. The van der Waals surface area contributed by atoms with Crippen molar-refractivity contribution in [2.24, 2.45) is 10.9 Å². The molecule has 0 spiro atoms. The van der Waals surface area contributed by atoms with Crippen LogP contribution in [0.3, 0.4) is 0 Å². The summed E-state index contributed by atoms with van der Waals surface area (Å²) in [5, 5.41) is 14.9. The average molecular weight is 169 g/mol. The smallest absolute Gasteiger partial charge is 0.252 e. The van der Waals surface area contributed by atoms with Gasteiger partial charge in [-0.05, 0) is 0 Å². The molecule has 12 heavy (non-hydrogen) atoms. The molecular formula is C7H11N3O2. The summed E-state index contributed by atoms with van der Waals surface area (Å²) in [6.45, 7) is 0. The molecule has 1 atom stereocenters. The Morgan fingerprint density at radius 2 is 2.33 bits per heavy atom. The molecule has 0 aliphatic carbocycles. The molecule has 1 aliphatic rings. The molecule has 0 aromatic heterocycles. The van der Waals surface area contributed by atoms with Gasteiger partial charge >= 0.3 is 0 Å². The average Bonchev–Trinajstić information content (AvgIpc) is 2.04. The molecule has 0 saturated heterocycles. The number of quaternary nitrogens is 1. The highest BCUT2D eigenvalue weighted by atomic mass is 16.5. The fraction of sp³-hybridized carbons (Fsp3) is 0.286. The van der Waals surface area contributed by atoms with Crippen LogP contribution in [0.1, 0.15) is 0 Å². The molecular weight excluding hydrogens is 158 g/mol. The van der Waals surface area contributed by atoms with Gasteiger partial charge in [0.15, 0.2) is 0 Å². The second kappa shape index (κ2) is 2.96. The second-order valence-corrected chi connectivity index (χ2v) is 2.54. The minimum Gasteiger partial charge on any atom is -0.621 e. The van der Waals surface area contributed by atoms with Gasteiger partial charge < -0.3 is 15.8 Å². The number of hydrogen-bond acceptors (Lipinski definition) is 4. The van der Waals surface area contributed by atoms with Crippen LogP contribution in [-0.4, -0.2) is 24.6 Å². The molecule has 1 unspecified atom stereocenters. The van der Waals surface area contributed by atoms with E-state index in [4.69, 9.17) is 10.6 Å². The number of hydrogen-bond donors (Lipinski definition) is 1. The topological polar surface area (TPSA) is 70.7 Å². The lowest BCUT2D eigenvalue weighted by Gasteiger charge is -2.34. The first kappa shape index (κ1) is 8.76. The lowest BCUT2D eigenvalue weighted by Crippen LogP contribution is -2.39. The SMILES string of the molecule is COC1=CC(=NN)[N+](C)([O-])C=C1. The summed E-state index contributed by atoms with van der Waals surface area (Å²) in [5.74, 6) is 5.83. The van der Waals surface area contributed by atoms with Crippen molar-refractivity contribution in [2.45, 2.75) is 0 Å². The van der Waals surface area contributed by atoms with Crippen molar-refractivity contribution in [1.82, 2.24) is 0 Å². The van der Waals surface area contributed by atoms with Crippen molar-refractivity contribution in [2.75, 3.05) is 14.2 Å². The summed E-state index contributed by atoms with van der Waals surface area (Å²) in [5.41, 5.74) is 0. The van der Waals surface area contributed by atoms with Crippen LogP contribution in [0.15, 0.2) is 29.2 Å². The molecule has 0 saturated carbocycles. The summed E-state index contributed by atoms with van der Waals surface area (Å²) >= 11 is 0. The van der Waals surface area contributed by atoms with E-state index in [2.05, 4.69) is 5.10 Å². The molecule has 5 nitrogen and oxygen atoms in total. The van der Waals surface area contributed by atoms with Gasteiger partial charge in [0.2, 0.25) is 0 Å². The Labute approximate surface area is 70.6 Å². The summed E-state index contributed by atoms with van der Waals surface area (Å²) in [7, 11) is 2.95. The Hall–Kier alpha value is -1.33. The van der Waals surface area contributed by atoms with Crippen molar-refractivity contribution in [3.63, 3.8) is 0 Å². The maximum Gasteiger partial charge on any atom is 0.252 e. The van der Waals surface area contributed by atoms with Gasteiger partial charge in [-0.3, -0.25) is 4.65 Å². The lowest BCUT2D eigenvalue weighted by molar-refractivity contribution is -0.707. The van der Waals surface area contributed by atoms with E-state index in [1.54, 1.807) is 6.08 Å². The highest BCUT2D eigenvalue weighted by molar-refractivity contribution is 5.89. The van der Waals surface area contributed by atoms with E-state index in [-0.39, 0.29) is 5.84 Å². The highest BCUT2D eigenvalue weighted by Crippen LogP contribution is 2.14. The third-order valence-corrected chi connectivity index (χ3v) is 1.62. The van der Waals surface area contributed by atoms with Crippen LogP contribution in [0, 0.1) is 5.21 Å². The van der Waals surface area contributed by atoms with Crippen LogP contribution in [0.5, 0.6) is 0 Å². The molecule has 2 N–H and O–H groups in total. The first-order valence-corrected chi connectivity index (χ1v) is 3.41. The quantitative estimate of drug-likeness (QED) is 0.265. The summed E-state index contributed by atoms with van der Waals surface area (Å²) < 4.78 is 4.20. The van der Waals surface area contributed by atoms with Crippen LogP contribution in [-0.2, 0) is 4.74 Å². The number of methoxy groups -OCH3 is 1. The fourth-order valence-electron chi connectivity index (χ4n) is 0.874. The number of amidine groups is 1. The lowest BCUT2D eigenvalue weighted by atomic mass is 10.3. The van der Waals surface area contributed by atoms with E-state index in [0.29, 0.717) is 5.76 Å². The van der Waals surface area contributed by atoms with E-state index in [9.17, 15) is 5.21 Å². The maximum atomic E-state index is 11.5. The molecule has 0 radical (unpaired) electrons. The third kappa shape index (κ3) is 1.46. The Morgan fingerprint density at radius 3 is 2.83 bits per heavy atom. The number of hydroxylamine groups is 3. The van der Waals surface area contributed by atoms with Gasteiger partial charge in [0.05, 0.1) is 20.2 Å². The maximum absolute atomic E-state index is 11.5. The van der Waals surface area contributed by atoms with E-state index in [0.717, 1.165) is 0 Å². The minimum absolute atomic E-state index is 0.217. The molecule has 0 aromatic carbocycles. The van der Waals surface area contributed by atoms with Crippen molar-refractivity contribution >= 4 is 5.84 Å². The van der Waals surface area contributed by atoms with Gasteiger partial charge in [0.25, 0.3) is 5.84 Å². The number of allylic oxidation sites excluding steroid dienone is 1. The third-order valence-electron chi connectivity index (χ3n) is 1.62. The molecule has 66 valence electrons. The van der Waals surface area contributed by atoms with Crippen molar-refractivity contribution in [3.05, 3.63) is 29.3 Å². The Kier molecular flexibility index (Phi) is 2.16. The first-order chi connectivity index (χ1) is 5.60. The van der Waals surface area contributed by atoms with E-state index < -0.39 is 4.65 Å². The van der Waals surface area contributed by atoms with E-state index in [1.165, 1.54) is 26.4 Å². The Bertz CT molecular complexity index is 266. The zero-order valence-corrected chi connectivity index (χ0v) is 7.02. The van der Waals surface area contributed by atoms with Gasteiger partial charge in [-0.25, -0.2) is 0 Å². The minimum atomic E-state index is -0.705. The normalized spacial score (nSPS) is 31.9. The molecule has 1 heterocycles. The van der Waals surface area contributed by atoms with Crippen molar-refractivity contribution in [3.8, 4) is 0 Å². The van der Waals surface area contributed by atoms with Crippen LogP contribution >= 0.6 is 0 Å². The fourth-order valence-corrected chi connectivity index (χ4v) is 0.874. The molecule has 0 bridgehead atoms. The number of ether oxygens (including phenoxy) is 1. The van der Waals surface area contributed by atoms with Gasteiger partial charge in [0.1, 0.15) is 12.0 Å². The predicted octanol–water partition coefficient (Wildman–Crippen LogP) is 0.261. The largest absolute Gasteiger partial charge is 0.621 e. The predicted molar refractivity (Wildman–Crippen MR) is 45.4 cm³/mol. The number of rotatable bonds is 1. The molecule has 0 aromatic rings. The van der Waals surface area contributed by atoms with Gasteiger partial charge in [0, 0.05) is 6.08 Å². The number of likely N-dealkylation sites (N-methyl/N-ethyl adjacent to an activating group) is 1. The monoisotopic (exact) mass is 169 g/mol. The van der Waals surface area contributed by atoms with Crippen LogP contribution in [0.4, 0.5) is 0 Å². The number of nitrogens with zero attached hydrogens (tertiary/aromatic N) is 2. The molecule has 0 fully saturated rings. The van der Waals surface area contributed by atoms with Crippen molar-refractivity contribution in [1.29, 1.82) is 0 Å². The van der Waals surface area contributed by atoms with Crippen LogP contribution < -0.4 is 5.84 Å².